The molecule has 0 spiro atoms. The van der Waals surface area contributed by atoms with Crippen molar-refractivity contribution in [2.75, 3.05) is 5.32 Å². The molecule has 0 saturated carbocycles. The van der Waals surface area contributed by atoms with E-state index in [0.717, 1.165) is 5.56 Å². The Morgan fingerprint density at radius 1 is 1.14 bits per heavy atom. The third-order valence-corrected chi connectivity index (χ3v) is 3.20. The van der Waals surface area contributed by atoms with Crippen LogP contribution in [0.25, 0.3) is 0 Å². The van der Waals surface area contributed by atoms with Gasteiger partial charge in [0.15, 0.2) is 0 Å². The molecule has 0 aromatic heterocycles. The van der Waals surface area contributed by atoms with Gasteiger partial charge in [-0.15, -0.1) is 0 Å². The molecule has 110 valence electrons. The number of halogens is 1. The SMILES string of the molecule is CC(C)Oc1ccccc1NC(=O)Cc1ccccc1Cl. The van der Waals surface area contributed by atoms with Crippen molar-refractivity contribution in [3.8, 4) is 5.75 Å². The highest BCUT2D eigenvalue weighted by Crippen LogP contribution is 2.25. The van der Waals surface area contributed by atoms with E-state index in [2.05, 4.69) is 5.32 Å². The molecule has 2 aromatic rings. The maximum atomic E-state index is 12.1. The van der Waals surface area contributed by atoms with Crippen LogP contribution < -0.4 is 10.1 Å². The van der Waals surface area contributed by atoms with Crippen LogP contribution in [0.15, 0.2) is 48.5 Å². The third kappa shape index (κ3) is 4.50. The molecule has 2 aromatic carbocycles. The zero-order valence-corrected chi connectivity index (χ0v) is 12.9. The number of hydrogen-bond donors (Lipinski definition) is 1. The van der Waals surface area contributed by atoms with Crippen molar-refractivity contribution >= 4 is 23.2 Å². The quantitative estimate of drug-likeness (QED) is 0.894. The van der Waals surface area contributed by atoms with E-state index in [9.17, 15) is 4.79 Å². The lowest BCUT2D eigenvalue weighted by Gasteiger charge is -2.15. The number of carbonyl (C=O) groups is 1. The molecule has 0 fully saturated rings. The fourth-order valence-electron chi connectivity index (χ4n) is 1.94. The molecular weight excluding hydrogens is 286 g/mol. The average molecular weight is 304 g/mol. The van der Waals surface area contributed by atoms with Crippen molar-refractivity contribution < 1.29 is 9.53 Å². The first-order valence-corrected chi connectivity index (χ1v) is 7.23. The number of rotatable bonds is 5. The van der Waals surface area contributed by atoms with Gasteiger partial charge in [0.1, 0.15) is 5.75 Å². The first-order valence-electron chi connectivity index (χ1n) is 6.85. The number of ether oxygens (including phenoxy) is 1. The highest BCUT2D eigenvalue weighted by atomic mass is 35.5. The van der Waals surface area contributed by atoms with Gasteiger partial charge in [0, 0.05) is 5.02 Å². The van der Waals surface area contributed by atoms with E-state index >= 15 is 0 Å². The Hall–Kier alpha value is -2.00. The van der Waals surface area contributed by atoms with E-state index in [0.29, 0.717) is 16.5 Å². The van der Waals surface area contributed by atoms with Gasteiger partial charge in [-0.2, -0.15) is 0 Å². The fraction of sp³-hybridized carbons (Fsp3) is 0.235. The lowest BCUT2D eigenvalue weighted by Crippen LogP contribution is -2.16. The molecule has 0 aliphatic heterocycles. The number of nitrogens with one attached hydrogen (secondary N) is 1. The van der Waals surface area contributed by atoms with Gasteiger partial charge in [-0.25, -0.2) is 0 Å². The minimum absolute atomic E-state index is 0.0478. The molecule has 3 nitrogen and oxygen atoms in total. The molecule has 0 aliphatic carbocycles. The predicted octanol–water partition coefficient (Wildman–Crippen LogP) is 4.31. The molecule has 4 heteroatoms. The molecule has 0 radical (unpaired) electrons. The summed E-state index contributed by atoms with van der Waals surface area (Å²) < 4.78 is 5.68. The van der Waals surface area contributed by atoms with E-state index < -0.39 is 0 Å². The number of benzene rings is 2. The summed E-state index contributed by atoms with van der Waals surface area (Å²) in [4.78, 5) is 12.1. The van der Waals surface area contributed by atoms with Crippen molar-refractivity contribution in [1.29, 1.82) is 0 Å². The van der Waals surface area contributed by atoms with E-state index in [-0.39, 0.29) is 18.4 Å². The Labute approximate surface area is 129 Å². The summed E-state index contributed by atoms with van der Waals surface area (Å²) in [5, 5.41) is 3.47. The summed E-state index contributed by atoms with van der Waals surface area (Å²) in [7, 11) is 0. The first kappa shape index (κ1) is 15.4. The Balaban J connectivity index is 2.08. The van der Waals surface area contributed by atoms with Crippen LogP contribution in [0.5, 0.6) is 5.75 Å². The highest BCUT2D eigenvalue weighted by Gasteiger charge is 2.10. The van der Waals surface area contributed by atoms with Gasteiger partial charge in [-0.05, 0) is 37.6 Å². The van der Waals surface area contributed by atoms with E-state index in [1.807, 2.05) is 56.3 Å². The minimum atomic E-state index is -0.122. The lowest BCUT2D eigenvalue weighted by molar-refractivity contribution is -0.115. The summed E-state index contributed by atoms with van der Waals surface area (Å²) in [6.45, 7) is 3.89. The molecule has 21 heavy (non-hydrogen) atoms. The van der Waals surface area contributed by atoms with Crippen molar-refractivity contribution in [2.24, 2.45) is 0 Å². The second-order valence-corrected chi connectivity index (χ2v) is 5.39. The van der Waals surface area contributed by atoms with Crippen LogP contribution in [0, 0.1) is 0 Å². The van der Waals surface area contributed by atoms with E-state index in [4.69, 9.17) is 16.3 Å². The van der Waals surface area contributed by atoms with Crippen molar-refractivity contribution in [3.05, 3.63) is 59.1 Å². The third-order valence-electron chi connectivity index (χ3n) is 2.83. The van der Waals surface area contributed by atoms with E-state index in [1.165, 1.54) is 0 Å². The molecule has 1 amide bonds. The van der Waals surface area contributed by atoms with Crippen molar-refractivity contribution in [1.82, 2.24) is 0 Å². The average Bonchev–Trinajstić information content (AvgIpc) is 2.43. The number of para-hydroxylation sites is 2. The molecule has 0 heterocycles. The standard InChI is InChI=1S/C17H18ClNO2/c1-12(2)21-16-10-6-5-9-15(16)19-17(20)11-13-7-3-4-8-14(13)18/h3-10,12H,11H2,1-2H3,(H,19,20). The van der Waals surface area contributed by atoms with Crippen LogP contribution >= 0.6 is 11.6 Å². The summed E-state index contributed by atoms with van der Waals surface area (Å²) in [5.41, 5.74) is 1.47. The van der Waals surface area contributed by atoms with Gasteiger partial charge in [0.2, 0.25) is 5.91 Å². The van der Waals surface area contributed by atoms with Gasteiger partial charge >= 0.3 is 0 Å². The summed E-state index contributed by atoms with van der Waals surface area (Å²) in [6, 6.07) is 14.7. The Kier molecular flexibility index (Phi) is 5.23. The number of carbonyl (C=O) groups excluding carboxylic acids is 1. The van der Waals surface area contributed by atoms with Gasteiger partial charge in [-0.3, -0.25) is 4.79 Å². The topological polar surface area (TPSA) is 38.3 Å². The normalized spacial score (nSPS) is 10.5. The van der Waals surface area contributed by atoms with Crippen LogP contribution in [0.3, 0.4) is 0 Å². The predicted molar refractivity (Wildman–Crippen MR) is 86.0 cm³/mol. The van der Waals surface area contributed by atoms with Gasteiger partial charge < -0.3 is 10.1 Å². The maximum absolute atomic E-state index is 12.1. The second kappa shape index (κ2) is 7.14. The Bertz CT molecular complexity index is 626. The second-order valence-electron chi connectivity index (χ2n) is 4.98. The molecule has 0 saturated heterocycles. The summed E-state index contributed by atoms with van der Waals surface area (Å²) >= 11 is 6.07. The van der Waals surface area contributed by atoms with Crippen LogP contribution in [-0.4, -0.2) is 12.0 Å². The zero-order chi connectivity index (χ0) is 15.2. The molecule has 0 aliphatic rings. The molecule has 0 bridgehead atoms. The van der Waals surface area contributed by atoms with E-state index in [1.54, 1.807) is 6.07 Å². The maximum Gasteiger partial charge on any atom is 0.228 e. The number of amides is 1. The molecule has 0 unspecified atom stereocenters. The van der Waals surface area contributed by atoms with Crippen LogP contribution in [0.2, 0.25) is 5.02 Å². The Morgan fingerprint density at radius 3 is 2.52 bits per heavy atom. The number of anilines is 1. The highest BCUT2D eigenvalue weighted by molar-refractivity contribution is 6.31. The van der Waals surface area contributed by atoms with Gasteiger partial charge in [0.05, 0.1) is 18.2 Å². The van der Waals surface area contributed by atoms with Crippen molar-refractivity contribution in [3.63, 3.8) is 0 Å². The minimum Gasteiger partial charge on any atom is -0.489 e. The first-order chi connectivity index (χ1) is 10.1. The largest absolute Gasteiger partial charge is 0.489 e. The fourth-order valence-corrected chi connectivity index (χ4v) is 2.14. The summed E-state index contributed by atoms with van der Waals surface area (Å²) in [5.74, 6) is 0.544. The summed E-state index contributed by atoms with van der Waals surface area (Å²) in [6.07, 6.45) is 0.280. The van der Waals surface area contributed by atoms with Crippen molar-refractivity contribution in [2.45, 2.75) is 26.4 Å². The van der Waals surface area contributed by atoms with Gasteiger partial charge in [-0.1, -0.05) is 41.9 Å². The molecular formula is C17H18ClNO2. The van der Waals surface area contributed by atoms with Crippen LogP contribution in [-0.2, 0) is 11.2 Å². The van der Waals surface area contributed by atoms with Crippen LogP contribution in [0.4, 0.5) is 5.69 Å². The molecule has 1 N–H and O–H groups in total. The number of hydrogen-bond acceptors (Lipinski definition) is 2. The zero-order valence-electron chi connectivity index (χ0n) is 12.1. The molecule has 2 rings (SSSR count). The van der Waals surface area contributed by atoms with Crippen LogP contribution in [0.1, 0.15) is 19.4 Å². The Morgan fingerprint density at radius 2 is 1.81 bits per heavy atom. The monoisotopic (exact) mass is 303 g/mol. The molecule has 0 atom stereocenters. The smallest absolute Gasteiger partial charge is 0.228 e. The lowest BCUT2D eigenvalue weighted by atomic mass is 10.1. The van der Waals surface area contributed by atoms with Gasteiger partial charge in [0.25, 0.3) is 0 Å².